The molecule has 0 aliphatic heterocycles. The van der Waals surface area contributed by atoms with Crippen molar-refractivity contribution in [3.8, 4) is 5.75 Å². The molecule has 0 saturated heterocycles. The lowest BCUT2D eigenvalue weighted by atomic mass is 9.72. The van der Waals surface area contributed by atoms with Gasteiger partial charge >= 0.3 is 0 Å². The van der Waals surface area contributed by atoms with Gasteiger partial charge in [0.15, 0.2) is 5.94 Å². The Bertz CT molecular complexity index is 1360. The van der Waals surface area contributed by atoms with E-state index in [-0.39, 0.29) is 34.8 Å². The summed E-state index contributed by atoms with van der Waals surface area (Å²) in [6.07, 6.45) is 1.61. The van der Waals surface area contributed by atoms with Crippen LogP contribution in [0.5, 0.6) is 5.75 Å². The molecule has 212 valence electrons. The number of ether oxygens (including phenoxy) is 1. The zero-order valence-electron chi connectivity index (χ0n) is 23.9. The van der Waals surface area contributed by atoms with E-state index in [1.807, 2.05) is 52.0 Å². The fraction of sp³-hybridized carbons (Fsp3) is 0.452. The van der Waals surface area contributed by atoms with Gasteiger partial charge in [0.25, 0.3) is 5.91 Å². The first kappa shape index (κ1) is 30.4. The summed E-state index contributed by atoms with van der Waals surface area (Å²) >= 11 is 0. The van der Waals surface area contributed by atoms with Gasteiger partial charge < -0.3 is 19.7 Å². The summed E-state index contributed by atoms with van der Waals surface area (Å²) in [6, 6.07) is 17.8. The topological polar surface area (TPSA) is 97.6 Å². The molecule has 1 atom stereocenters. The third kappa shape index (κ3) is 6.39. The molecule has 39 heavy (non-hydrogen) atoms. The molecule has 0 bridgehead atoms. The van der Waals surface area contributed by atoms with Crippen molar-refractivity contribution in [3.63, 3.8) is 0 Å². The van der Waals surface area contributed by atoms with Crippen LogP contribution < -0.4 is 10.1 Å². The number of aliphatic hydroxyl groups excluding tert-OH is 1. The largest absolute Gasteiger partial charge is 0.477 e. The van der Waals surface area contributed by atoms with E-state index in [1.165, 1.54) is 0 Å². The minimum atomic E-state index is -3.58. The van der Waals surface area contributed by atoms with Crippen LogP contribution in [-0.4, -0.2) is 42.6 Å². The number of hydrogen-bond acceptors (Lipinski definition) is 5. The maximum Gasteiger partial charge on any atom is 0.268 e. The Hall–Kier alpha value is -3.10. The van der Waals surface area contributed by atoms with Crippen molar-refractivity contribution in [2.75, 3.05) is 12.5 Å². The maximum absolute atomic E-state index is 13.2. The second-order valence-corrected chi connectivity index (χ2v) is 12.3. The summed E-state index contributed by atoms with van der Waals surface area (Å²) in [5, 5.41) is 12.7. The lowest BCUT2D eigenvalue weighted by molar-refractivity contribution is 0.0887. The predicted molar refractivity (Wildman–Crippen MR) is 155 cm³/mol. The molecular formula is C31H42N2O5S. The third-order valence-corrected chi connectivity index (χ3v) is 9.16. The second-order valence-electron chi connectivity index (χ2n) is 10.3. The van der Waals surface area contributed by atoms with Gasteiger partial charge in [0, 0.05) is 17.7 Å². The molecule has 1 aromatic heterocycles. The Morgan fingerprint density at radius 1 is 1.03 bits per heavy atom. The molecule has 3 rings (SSSR count). The van der Waals surface area contributed by atoms with Gasteiger partial charge in [0.2, 0.25) is 9.84 Å². The molecule has 1 amide bonds. The first-order valence-corrected chi connectivity index (χ1v) is 15.3. The zero-order chi connectivity index (χ0) is 28.8. The molecule has 0 saturated carbocycles. The maximum atomic E-state index is 13.2. The van der Waals surface area contributed by atoms with Crippen molar-refractivity contribution in [3.05, 3.63) is 83.2 Å². The number of benzene rings is 2. The minimum Gasteiger partial charge on any atom is -0.477 e. The van der Waals surface area contributed by atoms with Gasteiger partial charge in [-0.1, -0.05) is 58.0 Å². The third-order valence-electron chi connectivity index (χ3n) is 7.74. The predicted octanol–water partition coefficient (Wildman–Crippen LogP) is 5.48. The zero-order valence-corrected chi connectivity index (χ0v) is 24.7. The lowest BCUT2D eigenvalue weighted by Gasteiger charge is -2.35. The quantitative estimate of drug-likeness (QED) is 0.292. The molecular weight excluding hydrogens is 512 g/mol. The van der Waals surface area contributed by atoms with Crippen LogP contribution in [0.3, 0.4) is 0 Å². The summed E-state index contributed by atoms with van der Waals surface area (Å²) < 4.78 is 33.2. The second kappa shape index (κ2) is 12.8. The first-order valence-electron chi connectivity index (χ1n) is 13.7. The molecule has 7 nitrogen and oxygen atoms in total. The number of nitrogens with one attached hydrogen (secondary N) is 1. The molecule has 0 unspecified atom stereocenters. The van der Waals surface area contributed by atoms with Crippen molar-refractivity contribution >= 4 is 15.7 Å². The van der Waals surface area contributed by atoms with E-state index in [4.69, 9.17) is 4.74 Å². The number of aromatic nitrogens is 1. The van der Waals surface area contributed by atoms with Crippen LogP contribution in [0.2, 0.25) is 0 Å². The molecule has 2 aromatic carbocycles. The average molecular weight is 555 g/mol. The van der Waals surface area contributed by atoms with E-state index in [9.17, 15) is 18.3 Å². The van der Waals surface area contributed by atoms with Crippen molar-refractivity contribution < 1.29 is 23.1 Å². The first-order chi connectivity index (χ1) is 18.5. The van der Waals surface area contributed by atoms with Gasteiger partial charge in [-0.2, -0.15) is 0 Å². The van der Waals surface area contributed by atoms with Crippen LogP contribution in [0, 0.1) is 12.8 Å². The number of hydrogen-bond donors (Lipinski definition) is 2. The highest BCUT2D eigenvalue weighted by atomic mass is 32.2. The minimum absolute atomic E-state index is 0.111. The van der Waals surface area contributed by atoms with Crippen LogP contribution in [0.4, 0.5) is 0 Å². The van der Waals surface area contributed by atoms with Crippen LogP contribution in [0.1, 0.15) is 74.8 Å². The van der Waals surface area contributed by atoms with Crippen molar-refractivity contribution in [2.24, 2.45) is 5.92 Å². The smallest absolute Gasteiger partial charge is 0.268 e. The number of sulfone groups is 1. The highest BCUT2D eigenvalue weighted by Gasteiger charge is 2.35. The van der Waals surface area contributed by atoms with Gasteiger partial charge in [-0.3, -0.25) is 4.79 Å². The number of carbonyl (C=O) groups excluding carboxylic acids is 1. The molecule has 3 aromatic rings. The van der Waals surface area contributed by atoms with Gasteiger partial charge in [0.05, 0.1) is 17.5 Å². The lowest BCUT2D eigenvalue weighted by Crippen LogP contribution is -2.42. The van der Waals surface area contributed by atoms with Crippen molar-refractivity contribution in [1.82, 2.24) is 9.88 Å². The van der Waals surface area contributed by atoms with Crippen LogP contribution in [0.15, 0.2) is 65.6 Å². The summed E-state index contributed by atoms with van der Waals surface area (Å²) in [4.78, 5) is 13.4. The number of aliphatic hydroxyl groups is 1. The van der Waals surface area contributed by atoms with E-state index in [0.29, 0.717) is 18.0 Å². The fourth-order valence-electron chi connectivity index (χ4n) is 5.20. The van der Waals surface area contributed by atoms with E-state index < -0.39 is 15.8 Å². The Balaban J connectivity index is 1.93. The SMILES string of the molecule is CCn1c(C(=O)N[C@@H](CO)C(C)C)ccc1C(CC)(CC)c1ccc(OCS(=O)(=O)c2ccccc2)c(C)c1. The van der Waals surface area contributed by atoms with Crippen molar-refractivity contribution in [1.29, 1.82) is 0 Å². The standard InChI is InChI=1S/C31H42N2O5S/c1-7-31(8-2,29-18-16-27(33(29)9-3)30(35)32-26(20-34)22(4)5)24-15-17-28(23(6)19-24)38-21-39(36,37)25-13-11-10-12-14-25/h10-19,22,26,34H,7-9,20-21H2,1-6H3,(H,32,35)/t26-/m0/s1. The fourth-order valence-corrected chi connectivity index (χ4v) is 6.19. The van der Waals surface area contributed by atoms with Gasteiger partial charge in [-0.15, -0.1) is 0 Å². The average Bonchev–Trinajstić information content (AvgIpc) is 3.37. The van der Waals surface area contributed by atoms with Gasteiger partial charge in [0.1, 0.15) is 11.4 Å². The van der Waals surface area contributed by atoms with Crippen molar-refractivity contribution in [2.45, 2.75) is 77.3 Å². The van der Waals surface area contributed by atoms with Crippen LogP contribution >= 0.6 is 0 Å². The molecule has 0 aliphatic carbocycles. The Kier molecular flexibility index (Phi) is 10.0. The van der Waals surface area contributed by atoms with Gasteiger partial charge in [-0.25, -0.2) is 8.42 Å². The van der Waals surface area contributed by atoms with E-state index in [0.717, 1.165) is 29.7 Å². The number of aryl methyl sites for hydroxylation is 1. The van der Waals surface area contributed by atoms with Gasteiger partial charge in [-0.05, 0) is 74.1 Å². The Morgan fingerprint density at radius 3 is 2.23 bits per heavy atom. The van der Waals surface area contributed by atoms with E-state index in [1.54, 1.807) is 30.3 Å². The van der Waals surface area contributed by atoms with Crippen LogP contribution in [-0.2, 0) is 21.8 Å². The highest BCUT2D eigenvalue weighted by molar-refractivity contribution is 7.91. The summed E-state index contributed by atoms with van der Waals surface area (Å²) in [5.74, 6) is -0.00233. The molecule has 2 N–H and O–H groups in total. The molecule has 0 spiro atoms. The number of nitrogens with zero attached hydrogens (tertiary/aromatic N) is 1. The van der Waals surface area contributed by atoms with Crippen LogP contribution in [0.25, 0.3) is 0 Å². The molecule has 0 aliphatic rings. The Labute approximate surface area is 233 Å². The molecule has 0 radical (unpaired) electrons. The number of rotatable bonds is 13. The molecule has 8 heteroatoms. The van der Waals surface area contributed by atoms with E-state index in [2.05, 4.69) is 29.8 Å². The number of amides is 1. The normalized spacial score (nSPS) is 12.9. The summed E-state index contributed by atoms with van der Waals surface area (Å²) in [7, 11) is -3.58. The molecule has 0 fully saturated rings. The highest BCUT2D eigenvalue weighted by Crippen LogP contribution is 2.41. The summed E-state index contributed by atoms with van der Waals surface area (Å²) in [6.45, 7) is 12.7. The molecule has 1 heterocycles. The summed E-state index contributed by atoms with van der Waals surface area (Å²) in [5.41, 5.74) is 3.18. The van der Waals surface area contributed by atoms with E-state index >= 15 is 0 Å². The Morgan fingerprint density at radius 2 is 1.69 bits per heavy atom. The monoisotopic (exact) mass is 554 g/mol. The number of carbonyl (C=O) groups is 1.